The van der Waals surface area contributed by atoms with E-state index < -0.39 is 22.3 Å². The minimum atomic E-state index is -1.67. The molecule has 0 aromatic heterocycles. The van der Waals surface area contributed by atoms with Crippen LogP contribution in [-0.4, -0.2) is 31.1 Å². The van der Waals surface area contributed by atoms with Crippen molar-refractivity contribution in [3.8, 4) is 0 Å². The highest BCUT2D eigenvalue weighted by atomic mass is 16.6. The Kier molecular flexibility index (Phi) is 4.29. The summed E-state index contributed by atoms with van der Waals surface area (Å²) < 4.78 is 9.75. The molecule has 0 atom stereocenters. The normalized spacial score (nSPS) is 14.5. The number of methoxy groups -OCH3 is 2. The fraction of sp³-hybridized carbons (Fsp3) is 0.158. The number of esters is 2. The molecule has 3 rings (SSSR count). The Bertz CT molecular complexity index is 899. The summed E-state index contributed by atoms with van der Waals surface area (Å²) >= 11 is 0. The highest BCUT2D eigenvalue weighted by Gasteiger charge is 2.67. The fourth-order valence-corrected chi connectivity index (χ4v) is 3.16. The standard InChI is InChI=1S/C19H15NO6/c1-25-17(21)19(18(22)26-2)15(12-6-4-3-5-7-12)16(19)13-8-10-14(11-9-13)20(23)24/h3-11H,1-2H3. The maximum Gasteiger partial charge on any atom is 0.332 e. The predicted molar refractivity (Wildman–Crippen MR) is 92.8 cm³/mol. The SMILES string of the molecule is COC(=O)C1(C(=O)OC)C(c2ccccc2)=C1c1ccc([N+](=O)[O-])cc1. The van der Waals surface area contributed by atoms with Crippen molar-refractivity contribution in [1.82, 2.24) is 0 Å². The van der Waals surface area contributed by atoms with Crippen LogP contribution in [-0.2, 0) is 19.1 Å². The molecule has 1 aliphatic rings. The smallest absolute Gasteiger partial charge is 0.332 e. The predicted octanol–water partition coefficient (Wildman–Crippen LogP) is 2.85. The van der Waals surface area contributed by atoms with Gasteiger partial charge in [-0.1, -0.05) is 30.3 Å². The lowest BCUT2D eigenvalue weighted by Gasteiger charge is -2.15. The second-order valence-electron chi connectivity index (χ2n) is 5.65. The van der Waals surface area contributed by atoms with Crippen LogP contribution in [0.3, 0.4) is 0 Å². The van der Waals surface area contributed by atoms with Gasteiger partial charge in [0.05, 0.1) is 19.1 Å². The van der Waals surface area contributed by atoms with E-state index in [-0.39, 0.29) is 5.69 Å². The van der Waals surface area contributed by atoms with Crippen LogP contribution in [0.5, 0.6) is 0 Å². The Morgan fingerprint density at radius 2 is 1.31 bits per heavy atom. The molecule has 7 heteroatoms. The molecular weight excluding hydrogens is 338 g/mol. The van der Waals surface area contributed by atoms with Gasteiger partial charge in [-0.3, -0.25) is 19.7 Å². The molecule has 0 N–H and O–H groups in total. The first-order chi connectivity index (χ1) is 12.5. The van der Waals surface area contributed by atoms with Crippen LogP contribution in [0.25, 0.3) is 11.1 Å². The van der Waals surface area contributed by atoms with E-state index in [2.05, 4.69) is 0 Å². The molecule has 0 saturated carbocycles. The van der Waals surface area contributed by atoms with E-state index in [4.69, 9.17) is 9.47 Å². The maximum atomic E-state index is 12.6. The van der Waals surface area contributed by atoms with E-state index in [0.29, 0.717) is 22.3 Å². The van der Waals surface area contributed by atoms with Crippen molar-refractivity contribution in [2.24, 2.45) is 5.41 Å². The van der Waals surface area contributed by atoms with Gasteiger partial charge in [0.2, 0.25) is 5.41 Å². The molecule has 26 heavy (non-hydrogen) atoms. The average molecular weight is 353 g/mol. The average Bonchev–Trinajstić information content (AvgIpc) is 3.38. The van der Waals surface area contributed by atoms with Gasteiger partial charge in [-0.25, -0.2) is 0 Å². The van der Waals surface area contributed by atoms with Crippen molar-refractivity contribution in [3.63, 3.8) is 0 Å². The summed E-state index contributed by atoms with van der Waals surface area (Å²) in [6.45, 7) is 0. The molecule has 0 fully saturated rings. The lowest BCUT2D eigenvalue weighted by Crippen LogP contribution is -2.32. The van der Waals surface area contributed by atoms with Crippen molar-refractivity contribution in [3.05, 3.63) is 75.8 Å². The number of non-ortho nitro benzene ring substituents is 1. The molecule has 0 unspecified atom stereocenters. The van der Waals surface area contributed by atoms with Crippen LogP contribution >= 0.6 is 0 Å². The molecule has 0 saturated heterocycles. The quantitative estimate of drug-likeness (QED) is 0.355. The number of nitro benzene ring substituents is 1. The van der Waals surface area contributed by atoms with Crippen LogP contribution in [0.4, 0.5) is 5.69 Å². The molecule has 0 spiro atoms. The molecule has 0 bridgehead atoms. The highest BCUT2D eigenvalue weighted by Crippen LogP contribution is 2.64. The van der Waals surface area contributed by atoms with Crippen LogP contribution in [0.1, 0.15) is 11.1 Å². The molecule has 7 nitrogen and oxygen atoms in total. The van der Waals surface area contributed by atoms with Crippen LogP contribution in [0.2, 0.25) is 0 Å². The van der Waals surface area contributed by atoms with Crippen molar-refractivity contribution >= 4 is 28.8 Å². The molecular formula is C19H15NO6. The third kappa shape index (κ3) is 2.45. The number of nitro groups is 1. The van der Waals surface area contributed by atoms with Crippen molar-refractivity contribution < 1.29 is 24.0 Å². The highest BCUT2D eigenvalue weighted by molar-refractivity contribution is 6.38. The molecule has 0 aliphatic heterocycles. The Hall–Kier alpha value is -3.48. The van der Waals surface area contributed by atoms with Gasteiger partial charge in [0.15, 0.2) is 0 Å². The van der Waals surface area contributed by atoms with Gasteiger partial charge >= 0.3 is 11.9 Å². The first-order valence-corrected chi connectivity index (χ1v) is 7.70. The lowest BCUT2D eigenvalue weighted by atomic mass is 9.92. The number of hydrogen-bond acceptors (Lipinski definition) is 6. The first-order valence-electron chi connectivity index (χ1n) is 7.70. The number of nitrogens with zero attached hydrogens (tertiary/aromatic N) is 1. The van der Waals surface area contributed by atoms with Gasteiger partial charge in [0, 0.05) is 12.1 Å². The summed E-state index contributed by atoms with van der Waals surface area (Å²) in [5.41, 5.74) is 0.351. The first kappa shape index (κ1) is 17.3. The topological polar surface area (TPSA) is 95.7 Å². The van der Waals surface area contributed by atoms with Gasteiger partial charge in [0.25, 0.3) is 5.69 Å². The van der Waals surface area contributed by atoms with Gasteiger partial charge < -0.3 is 9.47 Å². The number of hydrogen-bond donors (Lipinski definition) is 0. The minimum absolute atomic E-state index is 0.0852. The van der Waals surface area contributed by atoms with E-state index in [1.54, 1.807) is 24.3 Å². The summed E-state index contributed by atoms with van der Waals surface area (Å²) in [7, 11) is 2.39. The molecule has 1 aliphatic carbocycles. The lowest BCUT2D eigenvalue weighted by molar-refractivity contribution is -0.384. The van der Waals surface area contributed by atoms with E-state index in [0.717, 1.165) is 0 Å². The third-order valence-electron chi connectivity index (χ3n) is 4.35. The van der Waals surface area contributed by atoms with E-state index in [9.17, 15) is 19.7 Å². The summed E-state index contributed by atoms with van der Waals surface area (Å²) in [5, 5.41) is 10.9. The number of ether oxygens (including phenoxy) is 2. The van der Waals surface area contributed by atoms with E-state index in [1.807, 2.05) is 6.07 Å². The molecule has 0 radical (unpaired) electrons. The summed E-state index contributed by atoms with van der Waals surface area (Å²) in [5.74, 6) is -1.51. The number of carbonyl (C=O) groups excluding carboxylic acids is 2. The van der Waals surface area contributed by atoms with Gasteiger partial charge in [-0.15, -0.1) is 0 Å². The number of rotatable bonds is 5. The summed E-state index contributed by atoms with van der Waals surface area (Å²) in [4.78, 5) is 35.5. The molecule has 0 amide bonds. The summed E-state index contributed by atoms with van der Waals surface area (Å²) in [6.07, 6.45) is 0. The van der Waals surface area contributed by atoms with Gasteiger partial charge in [-0.2, -0.15) is 0 Å². The fourth-order valence-electron chi connectivity index (χ4n) is 3.16. The van der Waals surface area contributed by atoms with Gasteiger partial charge in [-0.05, 0) is 34.4 Å². The van der Waals surface area contributed by atoms with E-state index >= 15 is 0 Å². The Morgan fingerprint density at radius 3 is 1.73 bits per heavy atom. The third-order valence-corrected chi connectivity index (χ3v) is 4.35. The number of benzene rings is 2. The molecule has 132 valence electrons. The zero-order chi connectivity index (χ0) is 18.9. The Labute approximate surface area is 149 Å². The minimum Gasteiger partial charge on any atom is -0.468 e. The number of carbonyl (C=O) groups is 2. The molecule has 2 aromatic rings. The van der Waals surface area contributed by atoms with Crippen LogP contribution in [0, 0.1) is 15.5 Å². The van der Waals surface area contributed by atoms with Crippen molar-refractivity contribution in [2.45, 2.75) is 0 Å². The monoisotopic (exact) mass is 353 g/mol. The van der Waals surface area contributed by atoms with Crippen molar-refractivity contribution in [2.75, 3.05) is 14.2 Å². The van der Waals surface area contributed by atoms with Crippen molar-refractivity contribution in [1.29, 1.82) is 0 Å². The zero-order valence-electron chi connectivity index (χ0n) is 14.1. The largest absolute Gasteiger partial charge is 0.468 e. The zero-order valence-corrected chi connectivity index (χ0v) is 14.1. The maximum absolute atomic E-state index is 12.6. The van der Waals surface area contributed by atoms with Gasteiger partial charge in [0.1, 0.15) is 0 Å². The molecule has 2 aromatic carbocycles. The second-order valence-corrected chi connectivity index (χ2v) is 5.65. The second kappa shape index (κ2) is 6.44. The van der Waals surface area contributed by atoms with E-state index in [1.165, 1.54) is 38.5 Å². The summed E-state index contributed by atoms with van der Waals surface area (Å²) in [6, 6.07) is 14.6. The van der Waals surface area contributed by atoms with Crippen LogP contribution in [0.15, 0.2) is 54.6 Å². The Balaban J connectivity index is 2.18. The Morgan fingerprint density at radius 1 is 0.846 bits per heavy atom. The van der Waals surface area contributed by atoms with Crippen LogP contribution < -0.4 is 0 Å². The molecule has 0 heterocycles.